The summed E-state index contributed by atoms with van der Waals surface area (Å²) in [5, 5.41) is 0. The van der Waals surface area contributed by atoms with Crippen molar-refractivity contribution in [3.05, 3.63) is 68.1 Å². The van der Waals surface area contributed by atoms with Crippen LogP contribution in [0.2, 0.25) is 0 Å². The second kappa shape index (κ2) is 4.30. The van der Waals surface area contributed by atoms with E-state index in [1.165, 1.54) is 5.92 Å². The fourth-order valence-electron chi connectivity index (χ4n) is 1.02. The Morgan fingerprint density at radius 1 is 1.33 bits per heavy atom. The van der Waals surface area contributed by atoms with Crippen molar-refractivity contribution in [3.8, 4) is 0 Å². The Morgan fingerprint density at radius 3 is 2.33 bits per heavy atom. The van der Waals surface area contributed by atoms with Crippen LogP contribution in [0.3, 0.4) is 0 Å². The average Bonchev–Trinajstić information content (AvgIpc) is 2.51. The predicted octanol–water partition coefficient (Wildman–Crippen LogP) is 3.08. The van der Waals surface area contributed by atoms with Gasteiger partial charge in [-0.25, -0.2) is 0 Å². The first-order valence-corrected chi connectivity index (χ1v) is 3.96. The molecule has 1 aliphatic rings. The average molecular weight is 157 g/mol. The molecule has 1 aliphatic carbocycles. The summed E-state index contributed by atoms with van der Waals surface area (Å²) in [5.74, 6) is 1.20. The van der Waals surface area contributed by atoms with Gasteiger partial charge in [-0.3, -0.25) is 0 Å². The van der Waals surface area contributed by atoms with Crippen molar-refractivity contribution in [2.75, 3.05) is 0 Å². The van der Waals surface area contributed by atoms with Gasteiger partial charge in [0.2, 0.25) is 0 Å². The van der Waals surface area contributed by atoms with Crippen molar-refractivity contribution < 1.29 is 0 Å². The van der Waals surface area contributed by atoms with Crippen LogP contribution in [0.25, 0.3) is 0 Å². The van der Waals surface area contributed by atoms with Gasteiger partial charge in [0.05, 0.1) is 0 Å². The molecule has 1 rings (SSSR count). The van der Waals surface area contributed by atoms with Gasteiger partial charge < -0.3 is 0 Å². The van der Waals surface area contributed by atoms with E-state index in [1.54, 1.807) is 0 Å². The number of allylic oxidation sites excluding steroid dienone is 4. The van der Waals surface area contributed by atoms with Gasteiger partial charge in [0.25, 0.3) is 0 Å². The van der Waals surface area contributed by atoms with Crippen LogP contribution in [0.4, 0.5) is 0 Å². The zero-order valence-electron chi connectivity index (χ0n) is 7.38. The molecule has 5 radical (unpaired) electrons. The van der Waals surface area contributed by atoms with Crippen LogP contribution in [-0.2, 0) is 0 Å². The zero-order valence-corrected chi connectivity index (χ0v) is 7.38. The Labute approximate surface area is 75.7 Å². The van der Waals surface area contributed by atoms with Crippen LogP contribution in [0.1, 0.15) is 6.92 Å². The van der Waals surface area contributed by atoms with E-state index in [4.69, 9.17) is 0 Å². The Kier molecular flexibility index (Phi) is 3.33. The lowest BCUT2D eigenvalue weighted by Crippen LogP contribution is -1.89. The molecular formula is C12H13. The third-order valence-electron chi connectivity index (χ3n) is 1.72. The summed E-state index contributed by atoms with van der Waals surface area (Å²) in [4.78, 5) is 0. The fraction of sp³-hybridized carbons (Fsp3) is 0.0833. The molecule has 0 nitrogen and oxygen atoms in total. The summed E-state index contributed by atoms with van der Waals surface area (Å²) in [7, 11) is 0. The zero-order chi connectivity index (χ0) is 8.97. The molecule has 0 aromatic carbocycles. The summed E-state index contributed by atoms with van der Waals surface area (Å²) < 4.78 is 0. The van der Waals surface area contributed by atoms with Crippen LogP contribution in [-0.4, -0.2) is 0 Å². The maximum atomic E-state index is 3.87. The van der Waals surface area contributed by atoms with Crippen LogP contribution in [0, 0.1) is 31.6 Å². The molecule has 0 heteroatoms. The molecule has 0 spiro atoms. The van der Waals surface area contributed by atoms with Crippen LogP contribution < -0.4 is 0 Å². The minimum Gasteiger partial charge on any atom is -0.0985 e. The molecule has 61 valence electrons. The molecule has 0 saturated heterocycles. The quantitative estimate of drug-likeness (QED) is 0.552. The normalized spacial score (nSPS) is 19.6. The third-order valence-corrected chi connectivity index (χ3v) is 1.72. The number of rotatable bonds is 3. The maximum Gasteiger partial charge on any atom is 0.00561 e. The van der Waals surface area contributed by atoms with Crippen LogP contribution >= 0.6 is 0 Å². The molecule has 0 atom stereocenters. The molecule has 0 N–H and O–H groups in total. The van der Waals surface area contributed by atoms with Gasteiger partial charge in [-0.05, 0) is 38.2 Å². The van der Waals surface area contributed by atoms with E-state index in [1.807, 2.05) is 25.8 Å². The number of hydrogen-bond donors (Lipinski definition) is 0. The summed E-state index contributed by atoms with van der Waals surface area (Å²) >= 11 is 0. The van der Waals surface area contributed by atoms with Crippen molar-refractivity contribution in [3.63, 3.8) is 0 Å². The number of hydrogen-bond acceptors (Lipinski definition) is 0. The third kappa shape index (κ3) is 2.37. The van der Waals surface area contributed by atoms with Gasteiger partial charge in [-0.15, -0.1) is 0 Å². The Morgan fingerprint density at radius 2 is 1.92 bits per heavy atom. The van der Waals surface area contributed by atoms with E-state index in [-0.39, 0.29) is 0 Å². The van der Waals surface area contributed by atoms with E-state index >= 15 is 0 Å². The van der Waals surface area contributed by atoms with E-state index in [2.05, 4.69) is 32.1 Å². The van der Waals surface area contributed by atoms with Gasteiger partial charge in [-0.2, -0.15) is 0 Å². The van der Waals surface area contributed by atoms with Crippen molar-refractivity contribution in [1.82, 2.24) is 0 Å². The predicted molar refractivity (Wildman–Crippen MR) is 53.5 cm³/mol. The summed E-state index contributed by atoms with van der Waals surface area (Å²) in [6, 6.07) is 0. The van der Waals surface area contributed by atoms with E-state index < -0.39 is 0 Å². The molecule has 1 saturated carbocycles. The van der Waals surface area contributed by atoms with Gasteiger partial charge >= 0.3 is 0 Å². The highest BCUT2D eigenvalue weighted by atomic mass is 14.2. The summed E-state index contributed by atoms with van der Waals surface area (Å²) in [6.45, 7) is 9.58. The molecule has 0 heterocycles. The highest BCUT2D eigenvalue weighted by Crippen LogP contribution is 2.26. The molecule has 0 unspecified atom stereocenters. The standard InChI is InChI=1S/C12H13/c1-4-12(10(2)3)9-11-7-5-6-8-11/h4-9H,1-2H2,3H3/b12-9+. The first-order valence-electron chi connectivity index (χ1n) is 3.96. The lowest BCUT2D eigenvalue weighted by molar-refractivity contribution is 1.33. The van der Waals surface area contributed by atoms with Crippen LogP contribution in [0.15, 0.2) is 36.5 Å². The van der Waals surface area contributed by atoms with Gasteiger partial charge in [0.15, 0.2) is 0 Å². The molecule has 12 heavy (non-hydrogen) atoms. The first kappa shape index (κ1) is 9.31. The lowest BCUT2D eigenvalue weighted by Gasteiger charge is -2.04. The Balaban J connectivity index is 2.62. The molecule has 0 aliphatic heterocycles. The summed E-state index contributed by atoms with van der Waals surface area (Å²) in [6.07, 6.45) is 12.1. The van der Waals surface area contributed by atoms with Gasteiger partial charge in [-0.1, -0.05) is 30.9 Å². The largest absolute Gasteiger partial charge is 0.0985 e. The highest BCUT2D eigenvalue weighted by Gasteiger charge is 2.14. The summed E-state index contributed by atoms with van der Waals surface area (Å²) in [5.41, 5.74) is 2.15. The van der Waals surface area contributed by atoms with E-state index in [9.17, 15) is 0 Å². The van der Waals surface area contributed by atoms with E-state index in [0.29, 0.717) is 0 Å². The molecule has 1 fully saturated rings. The molecular weight excluding hydrogens is 144 g/mol. The molecule has 0 aromatic heterocycles. The molecule has 0 aromatic rings. The second-order valence-electron chi connectivity index (χ2n) is 2.80. The lowest BCUT2D eigenvalue weighted by atomic mass is 10.0. The fourth-order valence-corrected chi connectivity index (χ4v) is 1.02. The van der Waals surface area contributed by atoms with Gasteiger partial charge in [0, 0.05) is 5.92 Å². The minimum absolute atomic E-state index is 1.05. The van der Waals surface area contributed by atoms with Gasteiger partial charge in [0.1, 0.15) is 0 Å². The van der Waals surface area contributed by atoms with Crippen molar-refractivity contribution in [2.24, 2.45) is 0 Å². The van der Waals surface area contributed by atoms with Crippen molar-refractivity contribution >= 4 is 0 Å². The van der Waals surface area contributed by atoms with Crippen molar-refractivity contribution in [2.45, 2.75) is 6.92 Å². The first-order chi connectivity index (χ1) is 5.74. The monoisotopic (exact) mass is 157 g/mol. The smallest absolute Gasteiger partial charge is 0.00561 e. The van der Waals surface area contributed by atoms with Crippen molar-refractivity contribution in [1.29, 1.82) is 0 Å². The second-order valence-corrected chi connectivity index (χ2v) is 2.80. The minimum atomic E-state index is 1.05. The topological polar surface area (TPSA) is 0 Å². The maximum absolute atomic E-state index is 3.87. The Bertz CT molecular complexity index is 202. The molecule has 0 bridgehead atoms. The molecule has 0 amide bonds. The van der Waals surface area contributed by atoms with Crippen LogP contribution in [0.5, 0.6) is 0 Å². The van der Waals surface area contributed by atoms with E-state index in [0.717, 1.165) is 11.1 Å². The highest BCUT2D eigenvalue weighted by molar-refractivity contribution is 5.49. The Hall–Kier alpha value is -0.780. The SMILES string of the molecule is C=C/C(=C\[C]1[CH][CH][CH][CH]1)C(=C)C.